The van der Waals surface area contributed by atoms with Gasteiger partial charge in [0.1, 0.15) is 0 Å². The SMILES string of the molecule is CCNCC1CCC(COCCOCCCOC)O1. The van der Waals surface area contributed by atoms with Crippen molar-refractivity contribution in [3.63, 3.8) is 0 Å². The van der Waals surface area contributed by atoms with Crippen molar-refractivity contribution in [2.24, 2.45) is 0 Å². The molecule has 5 nitrogen and oxygen atoms in total. The maximum Gasteiger partial charge on any atom is 0.0813 e. The van der Waals surface area contributed by atoms with Crippen LogP contribution in [0.25, 0.3) is 0 Å². The van der Waals surface area contributed by atoms with Crippen molar-refractivity contribution in [2.75, 3.05) is 53.2 Å². The van der Waals surface area contributed by atoms with E-state index in [4.69, 9.17) is 18.9 Å². The normalized spacial score (nSPS) is 23.1. The topological polar surface area (TPSA) is 49.0 Å². The first-order chi connectivity index (χ1) is 9.36. The van der Waals surface area contributed by atoms with Crippen LogP contribution in [0, 0.1) is 0 Å². The second-order valence-corrected chi connectivity index (χ2v) is 4.80. The minimum atomic E-state index is 0.261. The quantitative estimate of drug-likeness (QED) is 0.543. The lowest BCUT2D eigenvalue weighted by molar-refractivity contribution is -0.0292. The molecule has 1 aliphatic heterocycles. The van der Waals surface area contributed by atoms with E-state index in [1.807, 2.05) is 0 Å². The number of methoxy groups -OCH3 is 1. The number of likely N-dealkylation sites (N-methyl/N-ethyl adjacent to an activating group) is 1. The van der Waals surface area contributed by atoms with E-state index in [2.05, 4.69) is 12.2 Å². The first-order valence-corrected chi connectivity index (χ1v) is 7.37. The summed E-state index contributed by atoms with van der Waals surface area (Å²) in [6.45, 7) is 7.54. The number of rotatable bonds is 12. The van der Waals surface area contributed by atoms with Crippen molar-refractivity contribution in [3.05, 3.63) is 0 Å². The molecule has 0 saturated carbocycles. The molecular weight excluding hydrogens is 246 g/mol. The highest BCUT2D eigenvalue weighted by Crippen LogP contribution is 2.19. The zero-order chi connectivity index (χ0) is 13.8. The molecule has 1 fully saturated rings. The van der Waals surface area contributed by atoms with E-state index in [0.717, 1.165) is 45.6 Å². The van der Waals surface area contributed by atoms with Gasteiger partial charge >= 0.3 is 0 Å². The Morgan fingerprint density at radius 1 is 1.05 bits per heavy atom. The van der Waals surface area contributed by atoms with E-state index in [9.17, 15) is 0 Å². The lowest BCUT2D eigenvalue weighted by Crippen LogP contribution is -2.27. The van der Waals surface area contributed by atoms with Gasteiger partial charge in [0.25, 0.3) is 0 Å². The van der Waals surface area contributed by atoms with Crippen LogP contribution in [-0.4, -0.2) is 65.4 Å². The first-order valence-electron chi connectivity index (χ1n) is 7.37. The van der Waals surface area contributed by atoms with Crippen LogP contribution in [0.4, 0.5) is 0 Å². The Balaban J connectivity index is 1.85. The number of hydrogen-bond donors (Lipinski definition) is 1. The van der Waals surface area contributed by atoms with Crippen molar-refractivity contribution in [3.8, 4) is 0 Å². The first kappa shape index (κ1) is 16.9. The maximum atomic E-state index is 5.88. The van der Waals surface area contributed by atoms with Crippen molar-refractivity contribution in [1.82, 2.24) is 5.32 Å². The van der Waals surface area contributed by atoms with Gasteiger partial charge in [-0.25, -0.2) is 0 Å². The molecule has 2 unspecified atom stereocenters. The molecule has 1 saturated heterocycles. The average Bonchev–Trinajstić information content (AvgIpc) is 2.87. The predicted molar refractivity (Wildman–Crippen MR) is 74.6 cm³/mol. The summed E-state index contributed by atoms with van der Waals surface area (Å²) in [7, 11) is 1.70. The zero-order valence-corrected chi connectivity index (χ0v) is 12.4. The summed E-state index contributed by atoms with van der Waals surface area (Å²) in [4.78, 5) is 0. The second kappa shape index (κ2) is 11.6. The Morgan fingerprint density at radius 3 is 2.63 bits per heavy atom. The fourth-order valence-corrected chi connectivity index (χ4v) is 2.10. The van der Waals surface area contributed by atoms with Crippen LogP contribution >= 0.6 is 0 Å². The summed E-state index contributed by atoms with van der Waals surface area (Å²) in [5.41, 5.74) is 0. The molecule has 1 aliphatic rings. The zero-order valence-electron chi connectivity index (χ0n) is 12.4. The van der Waals surface area contributed by atoms with Gasteiger partial charge < -0.3 is 24.3 Å². The molecule has 0 spiro atoms. The van der Waals surface area contributed by atoms with E-state index in [-0.39, 0.29) is 6.10 Å². The molecule has 0 amide bonds. The van der Waals surface area contributed by atoms with Crippen LogP contribution in [-0.2, 0) is 18.9 Å². The third-order valence-electron chi connectivity index (χ3n) is 3.13. The van der Waals surface area contributed by atoms with E-state index in [1.54, 1.807) is 7.11 Å². The van der Waals surface area contributed by atoms with Gasteiger partial charge in [-0.2, -0.15) is 0 Å². The fraction of sp³-hybridized carbons (Fsp3) is 1.00. The highest BCUT2D eigenvalue weighted by Gasteiger charge is 2.24. The Kier molecular flexibility index (Phi) is 10.3. The molecular formula is C14H29NO4. The summed E-state index contributed by atoms with van der Waals surface area (Å²) >= 11 is 0. The van der Waals surface area contributed by atoms with Crippen molar-refractivity contribution >= 4 is 0 Å². The summed E-state index contributed by atoms with van der Waals surface area (Å²) in [5.74, 6) is 0. The van der Waals surface area contributed by atoms with Crippen LogP contribution in [0.1, 0.15) is 26.2 Å². The average molecular weight is 275 g/mol. The largest absolute Gasteiger partial charge is 0.385 e. The predicted octanol–water partition coefficient (Wildman–Crippen LogP) is 1.21. The molecule has 0 aromatic carbocycles. The van der Waals surface area contributed by atoms with E-state index >= 15 is 0 Å². The molecule has 1 rings (SSSR count). The third kappa shape index (κ3) is 8.55. The van der Waals surface area contributed by atoms with E-state index < -0.39 is 0 Å². The number of nitrogens with one attached hydrogen (secondary N) is 1. The molecule has 114 valence electrons. The van der Waals surface area contributed by atoms with Crippen LogP contribution in [0.15, 0.2) is 0 Å². The molecule has 2 atom stereocenters. The van der Waals surface area contributed by atoms with Gasteiger partial charge in [0.05, 0.1) is 32.0 Å². The number of hydrogen-bond acceptors (Lipinski definition) is 5. The monoisotopic (exact) mass is 275 g/mol. The standard InChI is InChI=1S/C14H29NO4/c1-3-15-11-13-5-6-14(19-13)12-18-10-9-17-8-4-7-16-2/h13-15H,3-12H2,1-2H3. The summed E-state index contributed by atoms with van der Waals surface area (Å²) in [5, 5.41) is 3.32. The number of ether oxygens (including phenoxy) is 4. The smallest absolute Gasteiger partial charge is 0.0813 e. The Morgan fingerprint density at radius 2 is 1.84 bits per heavy atom. The van der Waals surface area contributed by atoms with E-state index in [0.29, 0.717) is 25.9 Å². The summed E-state index contributed by atoms with van der Waals surface area (Å²) < 4.78 is 21.8. The van der Waals surface area contributed by atoms with Crippen LogP contribution in [0.3, 0.4) is 0 Å². The van der Waals surface area contributed by atoms with Crippen molar-refractivity contribution < 1.29 is 18.9 Å². The van der Waals surface area contributed by atoms with Gasteiger partial charge in [0.15, 0.2) is 0 Å². The highest BCUT2D eigenvalue weighted by atomic mass is 16.6. The summed E-state index contributed by atoms with van der Waals surface area (Å²) in [6.07, 6.45) is 3.80. The van der Waals surface area contributed by atoms with Gasteiger partial charge in [-0.05, 0) is 25.8 Å². The lowest BCUT2D eigenvalue weighted by Gasteiger charge is -2.14. The van der Waals surface area contributed by atoms with Gasteiger partial charge in [-0.3, -0.25) is 0 Å². The van der Waals surface area contributed by atoms with Crippen LogP contribution in [0.5, 0.6) is 0 Å². The van der Waals surface area contributed by atoms with Crippen LogP contribution < -0.4 is 5.32 Å². The molecule has 1 heterocycles. The minimum Gasteiger partial charge on any atom is -0.385 e. The van der Waals surface area contributed by atoms with E-state index in [1.165, 1.54) is 0 Å². The Hall–Kier alpha value is -0.200. The molecule has 0 radical (unpaired) electrons. The molecule has 5 heteroatoms. The molecule has 0 bridgehead atoms. The van der Waals surface area contributed by atoms with Crippen molar-refractivity contribution in [1.29, 1.82) is 0 Å². The minimum absolute atomic E-state index is 0.261. The highest BCUT2D eigenvalue weighted by molar-refractivity contribution is 4.74. The second-order valence-electron chi connectivity index (χ2n) is 4.80. The molecule has 1 N–H and O–H groups in total. The lowest BCUT2D eigenvalue weighted by atomic mass is 10.2. The maximum absolute atomic E-state index is 5.88. The Bertz CT molecular complexity index is 204. The van der Waals surface area contributed by atoms with Gasteiger partial charge in [-0.15, -0.1) is 0 Å². The molecule has 19 heavy (non-hydrogen) atoms. The third-order valence-corrected chi connectivity index (χ3v) is 3.13. The molecule has 0 aromatic rings. The molecule has 0 aliphatic carbocycles. The Labute approximate surface area is 116 Å². The van der Waals surface area contributed by atoms with Crippen molar-refractivity contribution in [2.45, 2.75) is 38.4 Å². The van der Waals surface area contributed by atoms with Crippen LogP contribution in [0.2, 0.25) is 0 Å². The van der Waals surface area contributed by atoms with Gasteiger partial charge in [0.2, 0.25) is 0 Å². The molecule has 0 aromatic heterocycles. The summed E-state index contributed by atoms with van der Waals surface area (Å²) in [6, 6.07) is 0. The fourth-order valence-electron chi connectivity index (χ4n) is 2.10. The van der Waals surface area contributed by atoms with Gasteiger partial charge in [0, 0.05) is 26.9 Å². The van der Waals surface area contributed by atoms with Gasteiger partial charge in [-0.1, -0.05) is 6.92 Å².